The minimum Gasteiger partial charge on any atom is -0.493 e. The number of fused-ring (bicyclic) bond motifs is 1. The normalized spacial score (nSPS) is 11.8. The average molecular weight is 232 g/mol. The van der Waals surface area contributed by atoms with E-state index < -0.39 is 0 Å². The first-order chi connectivity index (χ1) is 8.30. The van der Waals surface area contributed by atoms with E-state index in [1.165, 1.54) is 0 Å². The van der Waals surface area contributed by atoms with Crippen molar-refractivity contribution in [1.29, 1.82) is 0 Å². The number of methoxy groups -OCH3 is 1. The Hall–Kier alpha value is -1.97. The Labute approximate surface area is 100 Å². The first-order valence-corrected chi connectivity index (χ1v) is 5.62. The van der Waals surface area contributed by atoms with E-state index in [9.17, 15) is 0 Å². The van der Waals surface area contributed by atoms with E-state index in [0.29, 0.717) is 6.61 Å². The number of ether oxygens (including phenoxy) is 2. The van der Waals surface area contributed by atoms with Crippen LogP contribution in [0.2, 0.25) is 0 Å². The zero-order valence-electron chi connectivity index (χ0n) is 10.3. The van der Waals surface area contributed by atoms with Crippen LogP contribution in [0.1, 0.15) is 19.7 Å². The van der Waals surface area contributed by atoms with Crippen molar-refractivity contribution in [3.05, 3.63) is 30.1 Å². The standard InChI is InChI=1S/C13H16N2O2/c1-4-10(16-3)13-14-9-7-6-8-11(17-5-2)12(9)15-13/h4,6-8H,5H2,1-3H3,(H,14,15)/b10-4-. The SMILES string of the molecule is C/C=C(\OC)c1nc2c(OCC)cccc2[nH]1. The van der Waals surface area contributed by atoms with Crippen LogP contribution in [0.4, 0.5) is 0 Å². The summed E-state index contributed by atoms with van der Waals surface area (Å²) in [6.07, 6.45) is 1.87. The van der Waals surface area contributed by atoms with Crippen LogP contribution in [0.5, 0.6) is 5.75 Å². The summed E-state index contributed by atoms with van der Waals surface area (Å²) in [6.45, 7) is 4.50. The minimum absolute atomic E-state index is 0.627. The van der Waals surface area contributed by atoms with Crippen molar-refractivity contribution in [2.75, 3.05) is 13.7 Å². The Morgan fingerprint density at radius 2 is 2.29 bits per heavy atom. The van der Waals surface area contributed by atoms with Crippen LogP contribution in [-0.2, 0) is 4.74 Å². The largest absolute Gasteiger partial charge is 0.493 e. The Morgan fingerprint density at radius 3 is 2.94 bits per heavy atom. The van der Waals surface area contributed by atoms with Crippen molar-refractivity contribution in [3.63, 3.8) is 0 Å². The zero-order valence-corrected chi connectivity index (χ0v) is 10.3. The fraction of sp³-hybridized carbons (Fsp3) is 0.308. The number of nitrogens with one attached hydrogen (secondary N) is 1. The van der Waals surface area contributed by atoms with Crippen molar-refractivity contribution in [1.82, 2.24) is 9.97 Å². The second-order valence-corrected chi connectivity index (χ2v) is 3.53. The molecule has 0 bridgehead atoms. The number of allylic oxidation sites excluding steroid dienone is 1. The molecule has 0 saturated heterocycles. The lowest BCUT2D eigenvalue weighted by molar-refractivity contribution is 0.343. The Balaban J connectivity index is 2.53. The van der Waals surface area contributed by atoms with Crippen molar-refractivity contribution >= 4 is 16.8 Å². The quantitative estimate of drug-likeness (QED) is 0.824. The predicted octanol–water partition coefficient (Wildman–Crippen LogP) is 2.97. The van der Waals surface area contributed by atoms with Crippen molar-refractivity contribution in [2.45, 2.75) is 13.8 Å². The molecule has 0 aliphatic carbocycles. The summed E-state index contributed by atoms with van der Waals surface area (Å²) in [5, 5.41) is 0. The summed E-state index contributed by atoms with van der Waals surface area (Å²) < 4.78 is 10.8. The monoisotopic (exact) mass is 232 g/mol. The number of hydrogen-bond donors (Lipinski definition) is 1. The summed E-state index contributed by atoms with van der Waals surface area (Å²) in [6, 6.07) is 5.83. The number of imidazole rings is 1. The number of nitrogens with zero attached hydrogens (tertiary/aromatic N) is 1. The summed E-state index contributed by atoms with van der Waals surface area (Å²) >= 11 is 0. The maximum atomic E-state index is 5.54. The summed E-state index contributed by atoms with van der Waals surface area (Å²) in [5.41, 5.74) is 1.78. The number of H-pyrrole nitrogens is 1. The van der Waals surface area contributed by atoms with Gasteiger partial charge >= 0.3 is 0 Å². The molecule has 0 aliphatic rings. The third kappa shape index (κ3) is 2.11. The minimum atomic E-state index is 0.627. The molecule has 0 spiro atoms. The van der Waals surface area contributed by atoms with Crippen LogP contribution < -0.4 is 4.74 Å². The topological polar surface area (TPSA) is 47.1 Å². The summed E-state index contributed by atoms with van der Waals surface area (Å²) in [5.74, 6) is 2.24. The molecule has 2 rings (SSSR count). The summed E-state index contributed by atoms with van der Waals surface area (Å²) in [4.78, 5) is 7.71. The second-order valence-electron chi connectivity index (χ2n) is 3.53. The highest BCUT2D eigenvalue weighted by molar-refractivity contribution is 5.83. The fourth-order valence-corrected chi connectivity index (χ4v) is 1.75. The van der Waals surface area contributed by atoms with Gasteiger partial charge in [-0.1, -0.05) is 6.07 Å². The van der Waals surface area contributed by atoms with Crippen LogP contribution in [0.15, 0.2) is 24.3 Å². The number of rotatable bonds is 4. The lowest BCUT2D eigenvalue weighted by Crippen LogP contribution is -1.92. The smallest absolute Gasteiger partial charge is 0.173 e. The van der Waals surface area contributed by atoms with E-state index in [4.69, 9.17) is 9.47 Å². The molecule has 0 amide bonds. The molecule has 0 radical (unpaired) electrons. The molecular weight excluding hydrogens is 216 g/mol. The Morgan fingerprint density at radius 1 is 1.47 bits per heavy atom. The molecule has 0 unspecified atom stereocenters. The molecule has 1 N–H and O–H groups in total. The van der Waals surface area contributed by atoms with E-state index >= 15 is 0 Å². The molecule has 0 atom stereocenters. The Bertz CT molecular complexity index is 543. The van der Waals surface area contributed by atoms with E-state index in [0.717, 1.165) is 28.4 Å². The van der Waals surface area contributed by atoms with Gasteiger partial charge < -0.3 is 14.5 Å². The van der Waals surface area contributed by atoms with Crippen molar-refractivity contribution in [3.8, 4) is 5.75 Å². The van der Waals surface area contributed by atoms with Crippen molar-refractivity contribution in [2.24, 2.45) is 0 Å². The molecule has 0 saturated carbocycles. The molecule has 2 aromatic rings. The van der Waals surface area contributed by atoms with Gasteiger partial charge in [-0.05, 0) is 32.1 Å². The van der Waals surface area contributed by atoms with Gasteiger partial charge in [-0.15, -0.1) is 0 Å². The molecule has 4 heteroatoms. The van der Waals surface area contributed by atoms with Gasteiger partial charge in [-0.2, -0.15) is 0 Å². The lowest BCUT2D eigenvalue weighted by Gasteiger charge is -2.02. The van der Waals surface area contributed by atoms with Gasteiger partial charge in [0.15, 0.2) is 11.6 Å². The highest BCUT2D eigenvalue weighted by Crippen LogP contribution is 2.25. The molecule has 1 aromatic heterocycles. The first-order valence-electron chi connectivity index (χ1n) is 5.62. The van der Waals surface area contributed by atoms with Gasteiger partial charge in [0, 0.05) is 0 Å². The number of aromatic amines is 1. The van der Waals surface area contributed by atoms with Gasteiger partial charge in [0.25, 0.3) is 0 Å². The van der Waals surface area contributed by atoms with E-state index in [1.54, 1.807) is 7.11 Å². The number of benzene rings is 1. The molecule has 17 heavy (non-hydrogen) atoms. The first kappa shape index (κ1) is 11.5. The number of para-hydroxylation sites is 1. The van der Waals surface area contributed by atoms with Crippen molar-refractivity contribution < 1.29 is 9.47 Å². The molecule has 0 aliphatic heterocycles. The van der Waals surface area contributed by atoms with Gasteiger partial charge in [0.2, 0.25) is 0 Å². The molecule has 90 valence electrons. The van der Waals surface area contributed by atoms with Crippen LogP contribution in [-0.4, -0.2) is 23.7 Å². The third-order valence-corrected chi connectivity index (χ3v) is 2.49. The molecule has 4 nitrogen and oxygen atoms in total. The highest BCUT2D eigenvalue weighted by atomic mass is 16.5. The Kier molecular flexibility index (Phi) is 3.32. The number of aromatic nitrogens is 2. The predicted molar refractivity (Wildman–Crippen MR) is 67.9 cm³/mol. The average Bonchev–Trinajstić information content (AvgIpc) is 2.76. The number of hydrogen-bond acceptors (Lipinski definition) is 3. The fourth-order valence-electron chi connectivity index (χ4n) is 1.75. The second kappa shape index (κ2) is 4.91. The van der Waals surface area contributed by atoms with Gasteiger partial charge in [0.05, 0.1) is 19.2 Å². The molecule has 1 aromatic carbocycles. The van der Waals surface area contributed by atoms with E-state index in [2.05, 4.69) is 9.97 Å². The van der Waals surface area contributed by atoms with E-state index in [1.807, 2.05) is 38.1 Å². The molecule has 0 fully saturated rings. The van der Waals surface area contributed by atoms with Crippen LogP contribution in [0.25, 0.3) is 16.8 Å². The lowest BCUT2D eigenvalue weighted by atomic mass is 10.3. The maximum absolute atomic E-state index is 5.54. The third-order valence-electron chi connectivity index (χ3n) is 2.49. The van der Waals surface area contributed by atoms with Gasteiger partial charge in [0.1, 0.15) is 11.3 Å². The maximum Gasteiger partial charge on any atom is 0.173 e. The zero-order chi connectivity index (χ0) is 12.3. The van der Waals surface area contributed by atoms with Crippen LogP contribution in [0, 0.1) is 0 Å². The van der Waals surface area contributed by atoms with Crippen LogP contribution >= 0.6 is 0 Å². The van der Waals surface area contributed by atoms with Gasteiger partial charge in [-0.3, -0.25) is 0 Å². The van der Waals surface area contributed by atoms with Crippen LogP contribution in [0.3, 0.4) is 0 Å². The highest BCUT2D eigenvalue weighted by Gasteiger charge is 2.10. The van der Waals surface area contributed by atoms with Gasteiger partial charge in [-0.25, -0.2) is 4.98 Å². The molecular formula is C13H16N2O2. The van der Waals surface area contributed by atoms with E-state index in [-0.39, 0.29) is 0 Å². The summed E-state index contributed by atoms with van der Waals surface area (Å²) in [7, 11) is 1.63. The molecule has 1 heterocycles.